The Labute approximate surface area is 75.0 Å². The highest BCUT2D eigenvalue weighted by Crippen LogP contribution is 2.07. The Hall–Kier alpha value is -0.460. The van der Waals surface area contributed by atoms with Gasteiger partial charge in [0.1, 0.15) is 0 Å². The Balaban J connectivity index is 2.29. The van der Waals surface area contributed by atoms with Gasteiger partial charge in [-0.3, -0.25) is 4.55 Å². The van der Waals surface area contributed by atoms with Crippen molar-refractivity contribution in [3.05, 3.63) is 16.6 Å². The summed E-state index contributed by atoms with van der Waals surface area (Å²) < 4.78 is 29.0. The fourth-order valence-corrected chi connectivity index (χ4v) is 1.95. The Morgan fingerprint density at radius 3 is 2.83 bits per heavy atom. The molecule has 0 saturated heterocycles. The first-order valence-electron chi connectivity index (χ1n) is 3.41. The molecule has 0 fully saturated rings. The van der Waals surface area contributed by atoms with Gasteiger partial charge in [-0.15, -0.1) is 11.3 Å². The second-order valence-corrected chi connectivity index (χ2v) is 4.87. The van der Waals surface area contributed by atoms with Gasteiger partial charge in [-0.2, -0.15) is 8.42 Å². The van der Waals surface area contributed by atoms with Crippen molar-refractivity contribution in [3.63, 3.8) is 0 Å². The van der Waals surface area contributed by atoms with E-state index >= 15 is 0 Å². The second kappa shape index (κ2) is 3.97. The minimum atomic E-state index is -3.80. The Kier molecular flexibility index (Phi) is 3.19. The van der Waals surface area contributed by atoms with E-state index < -0.39 is 10.1 Å². The normalized spacial score (nSPS) is 11.8. The lowest BCUT2D eigenvalue weighted by Gasteiger charge is -1.94. The molecule has 1 heterocycles. The highest BCUT2D eigenvalue weighted by molar-refractivity contribution is 7.85. The van der Waals surface area contributed by atoms with Crippen molar-refractivity contribution in [2.75, 3.05) is 5.75 Å². The van der Waals surface area contributed by atoms with E-state index in [2.05, 4.69) is 4.98 Å². The SMILES string of the molecule is O=S(=O)(O)CCCc1nccs1. The second-order valence-electron chi connectivity index (χ2n) is 2.32. The number of aryl methyl sites for hydroxylation is 1. The molecule has 68 valence electrons. The smallest absolute Gasteiger partial charge is 0.264 e. The lowest BCUT2D eigenvalue weighted by atomic mass is 10.3. The average Bonchev–Trinajstić information content (AvgIpc) is 2.36. The van der Waals surface area contributed by atoms with Gasteiger partial charge in [-0.1, -0.05) is 0 Å². The summed E-state index contributed by atoms with van der Waals surface area (Å²) in [4.78, 5) is 3.98. The largest absolute Gasteiger partial charge is 0.286 e. The van der Waals surface area contributed by atoms with Gasteiger partial charge in [0.25, 0.3) is 10.1 Å². The third kappa shape index (κ3) is 3.80. The first kappa shape index (κ1) is 9.63. The summed E-state index contributed by atoms with van der Waals surface area (Å²) in [5.41, 5.74) is 0. The number of thiazole rings is 1. The lowest BCUT2D eigenvalue weighted by Crippen LogP contribution is -2.04. The van der Waals surface area contributed by atoms with Crippen LogP contribution in [-0.2, 0) is 16.5 Å². The maximum atomic E-state index is 10.3. The summed E-state index contributed by atoms with van der Waals surface area (Å²) in [7, 11) is -3.80. The molecule has 0 aliphatic carbocycles. The van der Waals surface area contributed by atoms with Gasteiger partial charge < -0.3 is 0 Å². The molecule has 0 atom stereocenters. The maximum Gasteiger partial charge on any atom is 0.264 e. The third-order valence-corrected chi connectivity index (χ3v) is 2.92. The predicted molar refractivity (Wildman–Crippen MR) is 46.9 cm³/mol. The maximum absolute atomic E-state index is 10.3. The Bertz CT molecular complexity index is 317. The first-order chi connectivity index (χ1) is 5.58. The average molecular weight is 207 g/mol. The zero-order valence-corrected chi connectivity index (χ0v) is 7.94. The summed E-state index contributed by atoms with van der Waals surface area (Å²) in [6, 6.07) is 0. The lowest BCUT2D eigenvalue weighted by molar-refractivity contribution is 0.481. The van der Waals surface area contributed by atoms with Gasteiger partial charge in [-0.05, 0) is 6.42 Å². The molecule has 0 amide bonds. The van der Waals surface area contributed by atoms with Gasteiger partial charge in [0.05, 0.1) is 10.8 Å². The Morgan fingerprint density at radius 2 is 2.33 bits per heavy atom. The van der Waals surface area contributed by atoms with Crippen LogP contribution in [0.5, 0.6) is 0 Å². The molecule has 1 N–H and O–H groups in total. The van der Waals surface area contributed by atoms with Crippen LogP contribution < -0.4 is 0 Å². The van der Waals surface area contributed by atoms with Gasteiger partial charge in [-0.25, -0.2) is 4.98 Å². The quantitative estimate of drug-likeness (QED) is 0.747. The van der Waals surface area contributed by atoms with Crippen LogP contribution in [-0.4, -0.2) is 23.7 Å². The van der Waals surface area contributed by atoms with Gasteiger partial charge in [0, 0.05) is 18.0 Å². The summed E-state index contributed by atoms with van der Waals surface area (Å²) >= 11 is 1.49. The van der Waals surface area contributed by atoms with E-state index in [-0.39, 0.29) is 5.75 Å². The zero-order chi connectivity index (χ0) is 9.03. The van der Waals surface area contributed by atoms with Crippen molar-refractivity contribution in [2.45, 2.75) is 12.8 Å². The number of hydrogen-bond donors (Lipinski definition) is 1. The van der Waals surface area contributed by atoms with E-state index in [1.54, 1.807) is 6.20 Å². The standard InChI is InChI=1S/C6H9NO3S2/c8-12(9,10)5-1-2-6-7-3-4-11-6/h3-4H,1-2,5H2,(H,8,9,10). The molecule has 12 heavy (non-hydrogen) atoms. The molecule has 0 saturated carbocycles. The number of aromatic nitrogens is 1. The van der Waals surface area contributed by atoms with Crippen LogP contribution in [0.2, 0.25) is 0 Å². The number of rotatable bonds is 4. The fraction of sp³-hybridized carbons (Fsp3) is 0.500. The van der Waals surface area contributed by atoms with Gasteiger partial charge in [0.2, 0.25) is 0 Å². The van der Waals surface area contributed by atoms with Crippen LogP contribution in [0.4, 0.5) is 0 Å². The van der Waals surface area contributed by atoms with Crippen LogP contribution in [0.15, 0.2) is 11.6 Å². The third-order valence-electron chi connectivity index (χ3n) is 1.28. The monoisotopic (exact) mass is 207 g/mol. The van der Waals surface area contributed by atoms with Crippen LogP contribution >= 0.6 is 11.3 Å². The fourth-order valence-electron chi connectivity index (χ4n) is 0.782. The minimum Gasteiger partial charge on any atom is -0.286 e. The highest BCUT2D eigenvalue weighted by atomic mass is 32.2. The van der Waals surface area contributed by atoms with Crippen molar-refractivity contribution in [3.8, 4) is 0 Å². The van der Waals surface area contributed by atoms with E-state index in [4.69, 9.17) is 4.55 Å². The van der Waals surface area contributed by atoms with Crippen LogP contribution in [0.25, 0.3) is 0 Å². The van der Waals surface area contributed by atoms with Crippen molar-refractivity contribution in [1.82, 2.24) is 4.98 Å². The van der Waals surface area contributed by atoms with E-state index in [0.717, 1.165) is 5.01 Å². The van der Waals surface area contributed by atoms with Crippen molar-refractivity contribution in [2.24, 2.45) is 0 Å². The molecule has 0 bridgehead atoms. The predicted octanol–water partition coefficient (Wildman–Crippen LogP) is 0.964. The van der Waals surface area contributed by atoms with E-state index in [1.165, 1.54) is 11.3 Å². The van der Waals surface area contributed by atoms with E-state index in [1.807, 2.05) is 5.38 Å². The summed E-state index contributed by atoms with van der Waals surface area (Å²) in [6.45, 7) is 0. The van der Waals surface area contributed by atoms with Crippen molar-refractivity contribution < 1.29 is 13.0 Å². The highest BCUT2D eigenvalue weighted by Gasteiger charge is 2.04. The summed E-state index contributed by atoms with van der Waals surface area (Å²) in [5, 5.41) is 2.74. The van der Waals surface area contributed by atoms with Crippen LogP contribution in [0, 0.1) is 0 Å². The van der Waals surface area contributed by atoms with Crippen LogP contribution in [0.3, 0.4) is 0 Å². The van der Waals surface area contributed by atoms with Gasteiger partial charge in [0.15, 0.2) is 0 Å². The molecule has 0 unspecified atom stereocenters. The minimum absolute atomic E-state index is 0.188. The molecule has 0 radical (unpaired) electrons. The van der Waals surface area contributed by atoms with E-state index in [9.17, 15) is 8.42 Å². The van der Waals surface area contributed by atoms with E-state index in [0.29, 0.717) is 12.8 Å². The molecule has 0 spiro atoms. The summed E-state index contributed by atoms with van der Waals surface area (Å²) in [5.74, 6) is -0.188. The molecule has 0 aliphatic rings. The molecular formula is C6H9NO3S2. The topological polar surface area (TPSA) is 67.3 Å². The number of nitrogens with zero attached hydrogens (tertiary/aromatic N) is 1. The van der Waals surface area contributed by atoms with Gasteiger partial charge >= 0.3 is 0 Å². The first-order valence-corrected chi connectivity index (χ1v) is 5.90. The van der Waals surface area contributed by atoms with Crippen molar-refractivity contribution >= 4 is 21.5 Å². The molecule has 0 aromatic carbocycles. The molecule has 0 aliphatic heterocycles. The summed E-state index contributed by atoms with van der Waals surface area (Å²) in [6.07, 6.45) is 2.71. The number of hydrogen-bond acceptors (Lipinski definition) is 4. The molecule has 1 rings (SSSR count). The zero-order valence-electron chi connectivity index (χ0n) is 6.30. The Morgan fingerprint density at radius 1 is 1.58 bits per heavy atom. The van der Waals surface area contributed by atoms with Crippen molar-refractivity contribution in [1.29, 1.82) is 0 Å². The molecular weight excluding hydrogens is 198 g/mol. The molecule has 1 aromatic heterocycles. The molecule has 4 nitrogen and oxygen atoms in total. The molecule has 6 heteroatoms. The molecule has 1 aromatic rings. The van der Waals surface area contributed by atoms with Crippen LogP contribution in [0.1, 0.15) is 11.4 Å².